The minimum atomic E-state index is 0.375. The van der Waals surface area contributed by atoms with Gasteiger partial charge in [-0.15, -0.1) is 0 Å². The Morgan fingerprint density at radius 1 is 1.38 bits per heavy atom. The van der Waals surface area contributed by atoms with E-state index in [1.807, 2.05) is 31.2 Å². The lowest BCUT2D eigenvalue weighted by Crippen LogP contribution is -1.96. The van der Waals surface area contributed by atoms with Crippen LogP contribution in [-0.4, -0.2) is 11.6 Å². The minimum absolute atomic E-state index is 0.375. The van der Waals surface area contributed by atoms with Crippen LogP contribution < -0.4 is 10.5 Å². The average molecular weight is 218 g/mol. The molecule has 0 aliphatic heterocycles. The Morgan fingerprint density at radius 2 is 2.19 bits per heavy atom. The van der Waals surface area contributed by atoms with Crippen LogP contribution in [0.1, 0.15) is 12.6 Å². The molecule has 84 valence electrons. The molecular weight excluding hydrogens is 204 g/mol. The van der Waals surface area contributed by atoms with Gasteiger partial charge in [0, 0.05) is 6.54 Å². The van der Waals surface area contributed by atoms with Gasteiger partial charge in [-0.3, -0.25) is 0 Å². The van der Waals surface area contributed by atoms with E-state index in [0.717, 1.165) is 17.0 Å². The smallest absolute Gasteiger partial charge is 0.229 e. The number of ether oxygens (including phenoxy) is 1. The summed E-state index contributed by atoms with van der Waals surface area (Å²) in [4.78, 5) is 4.27. The molecule has 0 bridgehead atoms. The summed E-state index contributed by atoms with van der Waals surface area (Å²) >= 11 is 0. The number of aromatic nitrogens is 1. The maximum atomic E-state index is 5.50. The van der Waals surface area contributed by atoms with E-state index in [4.69, 9.17) is 14.9 Å². The maximum absolute atomic E-state index is 5.50. The first-order chi connectivity index (χ1) is 7.85. The third-order valence-corrected chi connectivity index (χ3v) is 2.18. The summed E-state index contributed by atoms with van der Waals surface area (Å²) in [6.45, 7) is 2.93. The van der Waals surface area contributed by atoms with Crippen molar-refractivity contribution in [2.75, 3.05) is 6.61 Å². The molecule has 0 amide bonds. The molecule has 0 saturated carbocycles. The standard InChI is InChI=1S/C12H14N2O2/c1-2-15-11-6-4-3-5-10(11)12-14-9(7-13)8-16-12/h3-6,8H,2,7,13H2,1H3. The zero-order valence-electron chi connectivity index (χ0n) is 9.14. The molecule has 0 aliphatic rings. The van der Waals surface area contributed by atoms with Gasteiger partial charge in [0.05, 0.1) is 17.9 Å². The van der Waals surface area contributed by atoms with Crippen molar-refractivity contribution in [1.29, 1.82) is 0 Å². The number of nitrogens with two attached hydrogens (primary N) is 1. The minimum Gasteiger partial charge on any atom is -0.493 e. The predicted octanol–water partition coefficient (Wildman–Crippen LogP) is 2.20. The average Bonchev–Trinajstić information content (AvgIpc) is 2.79. The first-order valence-corrected chi connectivity index (χ1v) is 5.21. The Hall–Kier alpha value is -1.81. The lowest BCUT2D eigenvalue weighted by atomic mass is 10.2. The lowest BCUT2D eigenvalue weighted by Gasteiger charge is -2.06. The fraction of sp³-hybridized carbons (Fsp3) is 0.250. The Morgan fingerprint density at radius 3 is 2.88 bits per heavy atom. The van der Waals surface area contributed by atoms with E-state index in [0.29, 0.717) is 19.0 Å². The Labute approximate surface area is 94.1 Å². The van der Waals surface area contributed by atoms with Crippen LogP contribution in [0.4, 0.5) is 0 Å². The van der Waals surface area contributed by atoms with Crippen molar-refractivity contribution >= 4 is 0 Å². The predicted molar refractivity (Wildman–Crippen MR) is 61.0 cm³/mol. The van der Waals surface area contributed by atoms with Crippen LogP contribution in [0.2, 0.25) is 0 Å². The molecule has 1 aromatic carbocycles. The molecule has 2 rings (SSSR count). The van der Waals surface area contributed by atoms with E-state index in [9.17, 15) is 0 Å². The fourth-order valence-corrected chi connectivity index (χ4v) is 1.45. The van der Waals surface area contributed by atoms with E-state index in [-0.39, 0.29) is 0 Å². The van der Waals surface area contributed by atoms with Gasteiger partial charge in [0.25, 0.3) is 0 Å². The highest BCUT2D eigenvalue weighted by atomic mass is 16.5. The van der Waals surface area contributed by atoms with Gasteiger partial charge in [0.2, 0.25) is 5.89 Å². The molecule has 4 nitrogen and oxygen atoms in total. The number of para-hydroxylation sites is 1. The number of rotatable bonds is 4. The summed E-state index contributed by atoms with van der Waals surface area (Å²) in [5.41, 5.74) is 7.07. The van der Waals surface area contributed by atoms with Gasteiger partial charge in [-0.1, -0.05) is 12.1 Å². The van der Waals surface area contributed by atoms with Crippen molar-refractivity contribution in [1.82, 2.24) is 4.98 Å². The van der Waals surface area contributed by atoms with E-state index < -0.39 is 0 Å². The van der Waals surface area contributed by atoms with Crippen molar-refractivity contribution in [2.45, 2.75) is 13.5 Å². The summed E-state index contributed by atoms with van der Waals surface area (Å²) in [5, 5.41) is 0. The second-order valence-electron chi connectivity index (χ2n) is 3.28. The Balaban J connectivity index is 2.38. The second kappa shape index (κ2) is 4.81. The van der Waals surface area contributed by atoms with Crippen molar-refractivity contribution in [3.63, 3.8) is 0 Å². The topological polar surface area (TPSA) is 61.3 Å². The largest absolute Gasteiger partial charge is 0.493 e. The Bertz CT molecular complexity index is 466. The van der Waals surface area contributed by atoms with Gasteiger partial charge in [-0.25, -0.2) is 4.98 Å². The van der Waals surface area contributed by atoms with E-state index in [1.54, 1.807) is 6.26 Å². The van der Waals surface area contributed by atoms with Crippen LogP contribution in [0.3, 0.4) is 0 Å². The normalized spacial score (nSPS) is 10.4. The SMILES string of the molecule is CCOc1ccccc1-c1nc(CN)co1. The van der Waals surface area contributed by atoms with Crippen molar-refractivity contribution < 1.29 is 9.15 Å². The van der Waals surface area contributed by atoms with Crippen molar-refractivity contribution in [3.05, 3.63) is 36.2 Å². The van der Waals surface area contributed by atoms with Gasteiger partial charge < -0.3 is 14.9 Å². The summed E-state index contributed by atoms with van der Waals surface area (Å²) in [7, 11) is 0. The molecule has 0 atom stereocenters. The molecule has 16 heavy (non-hydrogen) atoms. The Kier molecular flexibility index (Phi) is 3.22. The molecule has 4 heteroatoms. The highest BCUT2D eigenvalue weighted by molar-refractivity contribution is 5.62. The van der Waals surface area contributed by atoms with Crippen molar-refractivity contribution in [2.24, 2.45) is 5.73 Å². The molecule has 0 saturated heterocycles. The maximum Gasteiger partial charge on any atom is 0.229 e. The van der Waals surface area contributed by atoms with Crippen LogP contribution in [-0.2, 0) is 6.54 Å². The zero-order valence-corrected chi connectivity index (χ0v) is 9.14. The quantitative estimate of drug-likeness (QED) is 0.854. The molecule has 1 aromatic heterocycles. The van der Waals surface area contributed by atoms with E-state index >= 15 is 0 Å². The number of hydrogen-bond acceptors (Lipinski definition) is 4. The van der Waals surface area contributed by atoms with Gasteiger partial charge in [0.1, 0.15) is 12.0 Å². The number of oxazole rings is 1. The summed E-state index contributed by atoms with van der Waals surface area (Å²) in [6, 6.07) is 7.65. The third kappa shape index (κ3) is 2.06. The first kappa shape index (κ1) is 10.7. The molecule has 0 radical (unpaired) electrons. The number of benzene rings is 1. The monoisotopic (exact) mass is 218 g/mol. The second-order valence-corrected chi connectivity index (χ2v) is 3.28. The van der Waals surface area contributed by atoms with E-state index in [2.05, 4.69) is 4.98 Å². The highest BCUT2D eigenvalue weighted by Gasteiger charge is 2.10. The molecule has 1 heterocycles. The highest BCUT2D eigenvalue weighted by Crippen LogP contribution is 2.28. The van der Waals surface area contributed by atoms with Crippen LogP contribution in [0.15, 0.2) is 34.9 Å². The summed E-state index contributed by atoms with van der Waals surface area (Å²) < 4.78 is 10.9. The number of nitrogens with zero attached hydrogens (tertiary/aromatic N) is 1. The molecule has 0 spiro atoms. The van der Waals surface area contributed by atoms with Crippen LogP contribution in [0.25, 0.3) is 11.5 Å². The van der Waals surface area contributed by atoms with Crippen LogP contribution >= 0.6 is 0 Å². The molecule has 0 fully saturated rings. The van der Waals surface area contributed by atoms with Crippen molar-refractivity contribution in [3.8, 4) is 17.2 Å². The van der Waals surface area contributed by atoms with Gasteiger partial charge >= 0.3 is 0 Å². The summed E-state index contributed by atoms with van der Waals surface area (Å²) in [5.74, 6) is 1.32. The molecule has 2 aromatic rings. The molecule has 0 unspecified atom stereocenters. The number of hydrogen-bond donors (Lipinski definition) is 1. The van der Waals surface area contributed by atoms with Gasteiger partial charge in [-0.05, 0) is 19.1 Å². The first-order valence-electron chi connectivity index (χ1n) is 5.21. The van der Waals surface area contributed by atoms with Gasteiger partial charge in [-0.2, -0.15) is 0 Å². The van der Waals surface area contributed by atoms with Crippen LogP contribution in [0.5, 0.6) is 5.75 Å². The molecule has 2 N–H and O–H groups in total. The lowest BCUT2D eigenvalue weighted by molar-refractivity contribution is 0.340. The van der Waals surface area contributed by atoms with Gasteiger partial charge in [0.15, 0.2) is 0 Å². The third-order valence-electron chi connectivity index (χ3n) is 2.18. The molecule has 0 aliphatic carbocycles. The molecular formula is C12H14N2O2. The van der Waals surface area contributed by atoms with Crippen LogP contribution in [0, 0.1) is 0 Å². The van der Waals surface area contributed by atoms with E-state index in [1.165, 1.54) is 0 Å². The zero-order chi connectivity index (χ0) is 11.4. The fourth-order valence-electron chi connectivity index (χ4n) is 1.45. The summed E-state index contributed by atoms with van der Waals surface area (Å²) in [6.07, 6.45) is 1.57.